The first-order valence-corrected chi connectivity index (χ1v) is 10.7. The first-order chi connectivity index (χ1) is 13.1. The summed E-state index contributed by atoms with van der Waals surface area (Å²) in [4.78, 5) is 14.7. The molecule has 7 heteroatoms. The molecule has 0 bridgehead atoms. The maximum absolute atomic E-state index is 15.2. The Morgan fingerprint density at radius 3 is 2.50 bits per heavy atom. The minimum atomic E-state index is -1.37. The Bertz CT molecular complexity index is 685. The third kappa shape index (κ3) is 6.06. The van der Waals surface area contributed by atoms with E-state index in [9.17, 15) is 4.79 Å². The van der Waals surface area contributed by atoms with Crippen LogP contribution < -0.4 is 5.32 Å². The molecule has 2 aliphatic heterocycles. The van der Waals surface area contributed by atoms with Crippen LogP contribution in [0.1, 0.15) is 49.9 Å². The molecule has 0 aliphatic carbocycles. The first-order valence-electron chi connectivity index (χ1n) is 9.94. The Morgan fingerprint density at radius 2 is 1.89 bits per heavy atom. The maximum atomic E-state index is 15.2. The summed E-state index contributed by atoms with van der Waals surface area (Å²) in [5, 5.41) is 3.48. The number of ether oxygens (including phenoxy) is 1. The minimum Gasteiger partial charge on any atom is -0.376 e. The molecule has 0 radical (unpaired) electrons. The SMILES string of the molecule is CC1(C)C[C@H](CN2CCC(F)(CNC(=O)c3cc(Cl)cc(Cl)c3)CC2)CCO1. The molecule has 0 unspecified atom stereocenters. The lowest BCUT2D eigenvalue weighted by Gasteiger charge is -2.41. The topological polar surface area (TPSA) is 41.6 Å². The molecule has 156 valence electrons. The molecule has 1 N–H and O–H groups in total. The van der Waals surface area contributed by atoms with Gasteiger partial charge in [-0.1, -0.05) is 23.2 Å². The number of amides is 1. The zero-order valence-corrected chi connectivity index (χ0v) is 18.1. The Labute approximate surface area is 176 Å². The number of hydrogen-bond acceptors (Lipinski definition) is 3. The zero-order valence-electron chi connectivity index (χ0n) is 16.6. The highest BCUT2D eigenvalue weighted by Crippen LogP contribution is 2.31. The molecule has 0 saturated carbocycles. The predicted octanol–water partition coefficient (Wildman–Crippen LogP) is 4.73. The largest absolute Gasteiger partial charge is 0.376 e. The van der Waals surface area contributed by atoms with Gasteiger partial charge in [0.2, 0.25) is 0 Å². The summed E-state index contributed by atoms with van der Waals surface area (Å²) in [6.07, 6.45) is 2.97. The van der Waals surface area contributed by atoms with Crippen molar-refractivity contribution < 1.29 is 13.9 Å². The quantitative estimate of drug-likeness (QED) is 0.733. The van der Waals surface area contributed by atoms with Crippen molar-refractivity contribution in [3.8, 4) is 0 Å². The number of nitrogens with zero attached hydrogens (tertiary/aromatic N) is 1. The molecule has 28 heavy (non-hydrogen) atoms. The van der Waals surface area contributed by atoms with Gasteiger partial charge in [0.1, 0.15) is 5.67 Å². The highest BCUT2D eigenvalue weighted by molar-refractivity contribution is 6.35. The molecule has 2 aliphatic rings. The number of benzene rings is 1. The van der Waals surface area contributed by atoms with Crippen LogP contribution in [0, 0.1) is 5.92 Å². The van der Waals surface area contributed by atoms with Crippen LogP contribution in [-0.4, -0.2) is 54.9 Å². The van der Waals surface area contributed by atoms with E-state index in [0.717, 1.165) is 26.0 Å². The monoisotopic (exact) mass is 430 g/mol. The van der Waals surface area contributed by atoms with Crippen molar-refractivity contribution in [3.05, 3.63) is 33.8 Å². The predicted molar refractivity (Wildman–Crippen MR) is 111 cm³/mol. The van der Waals surface area contributed by atoms with E-state index in [1.54, 1.807) is 6.07 Å². The van der Waals surface area contributed by atoms with Crippen molar-refractivity contribution >= 4 is 29.1 Å². The van der Waals surface area contributed by atoms with E-state index in [4.69, 9.17) is 27.9 Å². The number of alkyl halides is 1. The van der Waals surface area contributed by atoms with Crippen LogP contribution in [0.4, 0.5) is 4.39 Å². The number of piperidine rings is 1. The summed E-state index contributed by atoms with van der Waals surface area (Å²) in [6.45, 7) is 7.51. The number of halogens is 3. The molecule has 0 spiro atoms. The summed E-state index contributed by atoms with van der Waals surface area (Å²) in [7, 11) is 0. The van der Waals surface area contributed by atoms with E-state index < -0.39 is 5.67 Å². The fraction of sp³-hybridized carbons (Fsp3) is 0.667. The smallest absolute Gasteiger partial charge is 0.251 e. The summed E-state index contributed by atoms with van der Waals surface area (Å²) in [5.41, 5.74) is -1.08. The lowest BCUT2D eigenvalue weighted by Crippen LogP contribution is -2.49. The van der Waals surface area contributed by atoms with Gasteiger partial charge in [0.25, 0.3) is 5.91 Å². The third-order valence-corrected chi connectivity index (χ3v) is 6.19. The second-order valence-corrected chi connectivity index (χ2v) is 9.63. The van der Waals surface area contributed by atoms with E-state index in [-0.39, 0.29) is 18.1 Å². The van der Waals surface area contributed by atoms with Crippen LogP contribution in [-0.2, 0) is 4.74 Å². The van der Waals surface area contributed by atoms with Gasteiger partial charge < -0.3 is 15.0 Å². The Hall–Kier alpha value is -0.880. The molecule has 1 atom stereocenters. The average Bonchev–Trinajstić information content (AvgIpc) is 2.60. The summed E-state index contributed by atoms with van der Waals surface area (Å²) in [5.74, 6) is 0.247. The summed E-state index contributed by atoms with van der Waals surface area (Å²) >= 11 is 11.9. The van der Waals surface area contributed by atoms with Gasteiger partial charge in [0.05, 0.1) is 12.1 Å². The molecule has 3 rings (SSSR count). The fourth-order valence-corrected chi connectivity index (χ4v) is 4.74. The Balaban J connectivity index is 1.46. The molecule has 4 nitrogen and oxygen atoms in total. The van der Waals surface area contributed by atoms with E-state index in [1.807, 2.05) is 0 Å². The van der Waals surface area contributed by atoms with Crippen LogP contribution in [0.5, 0.6) is 0 Å². The van der Waals surface area contributed by atoms with Gasteiger partial charge in [-0.25, -0.2) is 4.39 Å². The second kappa shape index (κ2) is 8.86. The standard InChI is InChI=1S/C21H29Cl2FN2O2/c1-20(2)12-15(3-8-28-20)13-26-6-4-21(24,5-7-26)14-25-19(27)16-9-17(22)11-18(23)10-16/h9-11,15H,3-8,12-14H2,1-2H3,(H,25,27)/t15-/m1/s1. The summed E-state index contributed by atoms with van der Waals surface area (Å²) in [6, 6.07) is 4.63. The number of rotatable bonds is 5. The van der Waals surface area contributed by atoms with Crippen molar-refractivity contribution in [1.29, 1.82) is 0 Å². The molecule has 2 heterocycles. The van der Waals surface area contributed by atoms with Crippen LogP contribution in [0.15, 0.2) is 18.2 Å². The normalized spacial score (nSPS) is 24.7. The van der Waals surface area contributed by atoms with E-state index in [2.05, 4.69) is 24.1 Å². The lowest BCUT2D eigenvalue weighted by molar-refractivity contribution is -0.0791. The molecule has 2 saturated heterocycles. The number of carbonyl (C=O) groups is 1. The van der Waals surface area contributed by atoms with Crippen molar-refractivity contribution in [2.75, 3.05) is 32.8 Å². The number of likely N-dealkylation sites (tertiary alicyclic amines) is 1. The van der Waals surface area contributed by atoms with Crippen molar-refractivity contribution in [2.24, 2.45) is 5.92 Å². The Kier molecular flexibility index (Phi) is 6.91. The molecule has 2 fully saturated rings. The van der Waals surface area contributed by atoms with E-state index in [0.29, 0.717) is 47.5 Å². The molecule has 1 aromatic carbocycles. The van der Waals surface area contributed by atoms with Crippen molar-refractivity contribution in [1.82, 2.24) is 10.2 Å². The number of carbonyl (C=O) groups excluding carboxylic acids is 1. The van der Waals surface area contributed by atoms with Crippen LogP contribution >= 0.6 is 23.2 Å². The van der Waals surface area contributed by atoms with Crippen molar-refractivity contribution in [3.63, 3.8) is 0 Å². The molecule has 1 amide bonds. The Morgan fingerprint density at radius 1 is 1.25 bits per heavy atom. The summed E-state index contributed by atoms with van der Waals surface area (Å²) < 4.78 is 21.0. The molecular weight excluding hydrogens is 402 g/mol. The molecular formula is C21H29Cl2FN2O2. The van der Waals surface area contributed by atoms with Crippen LogP contribution in [0.2, 0.25) is 10.0 Å². The van der Waals surface area contributed by atoms with E-state index >= 15 is 4.39 Å². The molecule has 1 aromatic rings. The zero-order chi connectivity index (χ0) is 20.4. The first kappa shape index (κ1) is 21.8. The fourth-order valence-electron chi connectivity index (χ4n) is 4.22. The van der Waals surface area contributed by atoms with Gasteiger partial charge in [0.15, 0.2) is 0 Å². The van der Waals surface area contributed by atoms with E-state index in [1.165, 1.54) is 12.1 Å². The van der Waals surface area contributed by atoms with Crippen molar-refractivity contribution in [2.45, 2.75) is 50.8 Å². The van der Waals surface area contributed by atoms with Crippen LogP contribution in [0.25, 0.3) is 0 Å². The van der Waals surface area contributed by atoms with Gasteiger partial charge >= 0.3 is 0 Å². The minimum absolute atomic E-state index is 0.00804. The van der Waals surface area contributed by atoms with Gasteiger partial charge in [-0.3, -0.25) is 4.79 Å². The van der Waals surface area contributed by atoms with Gasteiger partial charge in [-0.05, 0) is 63.6 Å². The number of hydrogen-bond donors (Lipinski definition) is 1. The second-order valence-electron chi connectivity index (χ2n) is 8.76. The average molecular weight is 431 g/mol. The highest BCUT2D eigenvalue weighted by Gasteiger charge is 2.36. The highest BCUT2D eigenvalue weighted by atomic mass is 35.5. The van der Waals surface area contributed by atoms with Gasteiger partial charge in [-0.2, -0.15) is 0 Å². The van der Waals surface area contributed by atoms with Gasteiger partial charge in [0, 0.05) is 41.8 Å². The van der Waals surface area contributed by atoms with Crippen LogP contribution in [0.3, 0.4) is 0 Å². The number of nitrogens with one attached hydrogen (secondary N) is 1. The lowest BCUT2D eigenvalue weighted by atomic mass is 9.86. The molecule has 0 aromatic heterocycles. The maximum Gasteiger partial charge on any atom is 0.251 e. The third-order valence-electron chi connectivity index (χ3n) is 5.76. The van der Waals surface area contributed by atoms with Gasteiger partial charge in [-0.15, -0.1) is 0 Å².